The standard InChI is InChI=1S/C4H9NO2S/c1-4(2-3-4)8(5,6)7/h2-3H2,1H3,(H2,5,6,7)/i1D3. The first-order valence-corrected chi connectivity index (χ1v) is 3.78. The second-order valence-corrected chi connectivity index (χ2v) is 3.91. The van der Waals surface area contributed by atoms with Crippen LogP contribution in [0.4, 0.5) is 0 Å². The van der Waals surface area contributed by atoms with Gasteiger partial charge in [0.05, 0.1) is 4.75 Å². The predicted octanol–water partition coefficient (Wildman–Crippen LogP) is -0.173. The van der Waals surface area contributed by atoms with Gasteiger partial charge in [-0.15, -0.1) is 0 Å². The minimum Gasteiger partial charge on any atom is -0.228 e. The zero-order chi connectivity index (χ0) is 8.91. The lowest BCUT2D eigenvalue weighted by Crippen LogP contribution is -2.26. The van der Waals surface area contributed by atoms with Crippen molar-refractivity contribution in [1.29, 1.82) is 0 Å². The summed E-state index contributed by atoms with van der Waals surface area (Å²) in [7, 11) is -3.91. The van der Waals surface area contributed by atoms with E-state index in [4.69, 9.17) is 9.25 Å². The Morgan fingerprint density at radius 2 is 2.25 bits per heavy atom. The largest absolute Gasteiger partial charge is 0.228 e. The van der Waals surface area contributed by atoms with Gasteiger partial charge in [-0.2, -0.15) is 0 Å². The van der Waals surface area contributed by atoms with E-state index in [-0.39, 0.29) is 12.8 Å². The van der Waals surface area contributed by atoms with Crippen LogP contribution in [0.2, 0.25) is 0 Å². The molecule has 0 aliphatic heterocycles. The summed E-state index contributed by atoms with van der Waals surface area (Å²) < 4.78 is 40.7. The maximum Gasteiger partial charge on any atom is 0.214 e. The molecule has 0 bridgehead atoms. The first-order valence-electron chi connectivity index (χ1n) is 3.73. The fraction of sp³-hybridized carbons (Fsp3) is 1.00. The van der Waals surface area contributed by atoms with Gasteiger partial charge in [-0.05, 0) is 19.7 Å². The molecule has 1 rings (SSSR count). The SMILES string of the molecule is [2H]C([2H])([2H])C1(S(N)(=O)=O)CC1. The van der Waals surface area contributed by atoms with Gasteiger partial charge in [0, 0.05) is 4.11 Å². The predicted molar refractivity (Wildman–Crippen MR) is 30.7 cm³/mol. The van der Waals surface area contributed by atoms with Gasteiger partial charge in [-0.1, -0.05) is 0 Å². The Balaban J connectivity index is 3.05. The summed E-state index contributed by atoms with van der Waals surface area (Å²) in [4.78, 5) is 0. The van der Waals surface area contributed by atoms with E-state index in [2.05, 4.69) is 0 Å². The molecule has 0 spiro atoms. The van der Waals surface area contributed by atoms with Gasteiger partial charge in [0.2, 0.25) is 10.0 Å². The summed E-state index contributed by atoms with van der Waals surface area (Å²) in [5.74, 6) is 0. The molecule has 0 atom stereocenters. The first kappa shape index (κ1) is 3.17. The fourth-order valence-electron chi connectivity index (χ4n) is 0.398. The first-order chi connectivity index (χ1) is 4.71. The van der Waals surface area contributed by atoms with Crippen molar-refractivity contribution < 1.29 is 12.5 Å². The number of nitrogens with two attached hydrogens (primary N) is 1. The molecule has 0 heterocycles. The van der Waals surface area contributed by atoms with Crippen LogP contribution in [0.3, 0.4) is 0 Å². The fourth-order valence-corrected chi connectivity index (χ4v) is 1.07. The zero-order valence-corrected chi connectivity index (χ0v) is 5.03. The van der Waals surface area contributed by atoms with Gasteiger partial charge in [0.15, 0.2) is 0 Å². The van der Waals surface area contributed by atoms with Crippen molar-refractivity contribution in [3.8, 4) is 0 Å². The molecular formula is C4H9NO2S. The summed E-state index contributed by atoms with van der Waals surface area (Å²) in [6.45, 7) is -2.47. The van der Waals surface area contributed by atoms with Crippen LogP contribution in [-0.2, 0) is 10.0 Å². The molecule has 4 heteroatoms. The Hall–Kier alpha value is -0.0900. The van der Waals surface area contributed by atoms with E-state index in [0.29, 0.717) is 0 Å². The van der Waals surface area contributed by atoms with Crippen LogP contribution in [0.15, 0.2) is 0 Å². The Morgan fingerprint density at radius 3 is 2.25 bits per heavy atom. The molecule has 2 N–H and O–H groups in total. The third-order valence-corrected chi connectivity index (χ3v) is 2.75. The van der Waals surface area contributed by atoms with Crippen molar-refractivity contribution in [3.63, 3.8) is 0 Å². The maximum absolute atomic E-state index is 10.8. The van der Waals surface area contributed by atoms with Crippen LogP contribution >= 0.6 is 0 Å². The molecule has 48 valence electrons. The van der Waals surface area contributed by atoms with E-state index >= 15 is 0 Å². The third-order valence-electron chi connectivity index (χ3n) is 1.25. The number of hydrogen-bond acceptors (Lipinski definition) is 2. The number of sulfonamides is 1. The van der Waals surface area contributed by atoms with Gasteiger partial charge in [0.25, 0.3) is 0 Å². The molecule has 0 aromatic heterocycles. The Kier molecular flexibility index (Phi) is 0.495. The van der Waals surface area contributed by atoms with Crippen molar-refractivity contribution in [1.82, 2.24) is 0 Å². The Labute approximate surface area is 53.1 Å². The molecule has 0 radical (unpaired) electrons. The van der Waals surface area contributed by atoms with Gasteiger partial charge in [-0.3, -0.25) is 0 Å². The average molecular weight is 138 g/mol. The van der Waals surface area contributed by atoms with E-state index < -0.39 is 21.6 Å². The van der Waals surface area contributed by atoms with Crippen LogP contribution in [0.1, 0.15) is 23.8 Å². The summed E-state index contributed by atoms with van der Waals surface area (Å²) in [6, 6.07) is 0. The third kappa shape index (κ3) is 0.736. The molecule has 1 aliphatic carbocycles. The molecule has 0 saturated heterocycles. The summed E-state index contributed by atoms with van der Waals surface area (Å²) >= 11 is 0. The lowest BCUT2D eigenvalue weighted by Gasteiger charge is -2.01. The topological polar surface area (TPSA) is 60.2 Å². The smallest absolute Gasteiger partial charge is 0.214 e. The van der Waals surface area contributed by atoms with Gasteiger partial charge >= 0.3 is 0 Å². The van der Waals surface area contributed by atoms with Crippen molar-refractivity contribution in [2.24, 2.45) is 5.14 Å². The Morgan fingerprint density at radius 1 is 1.75 bits per heavy atom. The lowest BCUT2D eigenvalue weighted by atomic mass is 10.5. The molecule has 1 fully saturated rings. The highest BCUT2D eigenvalue weighted by Crippen LogP contribution is 2.40. The second-order valence-electron chi connectivity index (χ2n) is 2.04. The molecular weight excluding hydrogens is 126 g/mol. The number of hydrogen-bond donors (Lipinski definition) is 1. The molecule has 0 amide bonds. The number of rotatable bonds is 1. The molecule has 0 aromatic rings. The monoisotopic (exact) mass is 138 g/mol. The normalized spacial score (nSPS) is 32.4. The van der Waals surface area contributed by atoms with Crippen LogP contribution in [-0.4, -0.2) is 13.2 Å². The second kappa shape index (κ2) is 1.25. The van der Waals surface area contributed by atoms with Gasteiger partial charge in [0.1, 0.15) is 0 Å². The highest BCUT2D eigenvalue weighted by molar-refractivity contribution is 7.90. The minimum absolute atomic E-state index is 0.155. The summed E-state index contributed by atoms with van der Waals surface area (Å²) in [5.41, 5.74) is 0. The van der Waals surface area contributed by atoms with E-state index in [1.54, 1.807) is 0 Å². The van der Waals surface area contributed by atoms with Crippen molar-refractivity contribution >= 4 is 10.0 Å². The van der Waals surface area contributed by atoms with Gasteiger partial charge < -0.3 is 0 Å². The van der Waals surface area contributed by atoms with E-state index in [9.17, 15) is 8.42 Å². The zero-order valence-electron chi connectivity index (χ0n) is 7.22. The summed E-state index contributed by atoms with van der Waals surface area (Å²) in [5, 5.41) is 4.77. The highest BCUT2D eigenvalue weighted by atomic mass is 32.2. The molecule has 0 aromatic carbocycles. The molecule has 1 aliphatic rings. The van der Waals surface area contributed by atoms with Crippen LogP contribution < -0.4 is 5.14 Å². The van der Waals surface area contributed by atoms with E-state index in [1.165, 1.54) is 0 Å². The maximum atomic E-state index is 10.8. The van der Waals surface area contributed by atoms with Gasteiger partial charge in [-0.25, -0.2) is 13.6 Å². The lowest BCUT2D eigenvalue weighted by molar-refractivity contribution is 0.584. The minimum atomic E-state index is -3.91. The molecule has 1 saturated carbocycles. The van der Waals surface area contributed by atoms with E-state index in [0.717, 1.165) is 0 Å². The summed E-state index contributed by atoms with van der Waals surface area (Å²) in [6.07, 6.45) is 0.310. The van der Waals surface area contributed by atoms with Crippen molar-refractivity contribution in [3.05, 3.63) is 0 Å². The number of primary sulfonamides is 1. The molecule has 8 heavy (non-hydrogen) atoms. The average Bonchev–Trinajstić information content (AvgIpc) is 2.31. The molecule has 3 nitrogen and oxygen atoms in total. The van der Waals surface area contributed by atoms with Crippen LogP contribution in [0.5, 0.6) is 0 Å². The highest BCUT2D eigenvalue weighted by Gasteiger charge is 2.47. The molecule has 0 unspecified atom stereocenters. The van der Waals surface area contributed by atoms with E-state index in [1.807, 2.05) is 0 Å². The van der Waals surface area contributed by atoms with Crippen LogP contribution in [0.25, 0.3) is 0 Å². The quantitative estimate of drug-likeness (QED) is 0.546. The van der Waals surface area contributed by atoms with Crippen molar-refractivity contribution in [2.45, 2.75) is 24.4 Å². The Bertz CT molecular complexity index is 264. The van der Waals surface area contributed by atoms with Crippen LogP contribution in [0, 0.1) is 0 Å². The van der Waals surface area contributed by atoms with Crippen molar-refractivity contribution in [2.75, 3.05) is 0 Å².